The van der Waals surface area contributed by atoms with Crippen LogP contribution >= 0.6 is 11.6 Å². The van der Waals surface area contributed by atoms with Gasteiger partial charge in [-0.05, 0) is 43.0 Å². The smallest absolute Gasteiger partial charge is 0.305 e. The second-order valence-electron chi connectivity index (χ2n) is 5.89. The average molecular weight is 346 g/mol. The van der Waals surface area contributed by atoms with Crippen molar-refractivity contribution in [2.75, 3.05) is 13.1 Å². The molecule has 0 atom stereocenters. The number of rotatable bonds is 4. The van der Waals surface area contributed by atoms with Crippen molar-refractivity contribution in [1.29, 1.82) is 0 Å². The Morgan fingerprint density at radius 2 is 1.71 bits per heavy atom. The van der Waals surface area contributed by atoms with Gasteiger partial charge in [-0.25, -0.2) is 9.68 Å². The lowest BCUT2D eigenvalue weighted by Gasteiger charge is -2.24. The Bertz CT molecular complexity index is 681. The normalized spacial score (nSPS) is 14.3. The first-order valence-corrected chi connectivity index (χ1v) is 8.56. The van der Waals surface area contributed by atoms with Gasteiger partial charge in [-0.2, -0.15) is 0 Å². The zero-order valence-electron chi connectivity index (χ0n) is 13.4. The molecule has 2 aromatic carbocycles. The van der Waals surface area contributed by atoms with Crippen molar-refractivity contribution in [2.45, 2.75) is 25.7 Å². The molecule has 5 heteroatoms. The highest BCUT2D eigenvalue weighted by atomic mass is 35.5. The average Bonchev–Trinajstić information content (AvgIpc) is 2.63. The lowest BCUT2D eigenvalue weighted by Crippen LogP contribution is -2.36. The van der Waals surface area contributed by atoms with E-state index in [1.165, 1.54) is 0 Å². The van der Waals surface area contributed by atoms with Crippen LogP contribution < -0.4 is 4.89 Å². The molecule has 24 heavy (non-hydrogen) atoms. The molecule has 0 spiro atoms. The third-order valence-corrected chi connectivity index (χ3v) is 4.35. The van der Waals surface area contributed by atoms with Gasteiger partial charge in [0.1, 0.15) is 0 Å². The summed E-state index contributed by atoms with van der Waals surface area (Å²) in [6.07, 6.45) is 3.45. The summed E-state index contributed by atoms with van der Waals surface area (Å²) in [7, 11) is 0. The zero-order valence-corrected chi connectivity index (χ0v) is 14.2. The minimum Gasteiger partial charge on any atom is -0.305 e. The molecule has 0 bridgehead atoms. The molecule has 4 nitrogen and oxygen atoms in total. The number of nitrogens with zero attached hydrogens (tertiary/aromatic N) is 1. The van der Waals surface area contributed by atoms with Crippen LogP contribution in [0, 0.1) is 0 Å². The molecule has 0 unspecified atom stereocenters. The first kappa shape index (κ1) is 16.7. The minimum absolute atomic E-state index is 0.420. The third-order valence-electron chi connectivity index (χ3n) is 4.10. The van der Waals surface area contributed by atoms with Crippen LogP contribution in [0.3, 0.4) is 0 Å². The van der Waals surface area contributed by atoms with Crippen molar-refractivity contribution in [3.05, 3.63) is 64.7 Å². The van der Waals surface area contributed by atoms with Gasteiger partial charge in [-0.3, -0.25) is 4.89 Å². The molecular weight excluding hydrogens is 326 g/mol. The fourth-order valence-corrected chi connectivity index (χ4v) is 2.89. The van der Waals surface area contributed by atoms with Crippen LogP contribution in [0.1, 0.15) is 30.4 Å². The van der Waals surface area contributed by atoms with Crippen molar-refractivity contribution in [1.82, 2.24) is 4.90 Å². The molecule has 0 radical (unpaired) electrons. The first-order valence-electron chi connectivity index (χ1n) is 8.18. The molecule has 1 heterocycles. The lowest BCUT2D eigenvalue weighted by atomic mass is 10.0. The lowest BCUT2D eigenvalue weighted by molar-refractivity contribution is -0.155. The molecular formula is C19H20ClNO3. The van der Waals surface area contributed by atoms with Crippen molar-refractivity contribution >= 4 is 17.7 Å². The van der Waals surface area contributed by atoms with Crippen LogP contribution in [0.15, 0.2) is 48.5 Å². The third kappa shape index (κ3) is 4.42. The molecule has 1 fully saturated rings. The molecule has 2 aromatic rings. The molecule has 1 amide bonds. The Kier molecular flexibility index (Phi) is 5.59. The summed E-state index contributed by atoms with van der Waals surface area (Å²) in [4.78, 5) is 24.1. The molecule has 3 rings (SSSR count). The standard InChI is InChI=1S/C19H20ClNO3/c20-17-10-8-15(9-11-17)14-16-6-2-3-7-18(16)23-24-19(22)21-12-4-1-5-13-21/h2-3,6-11H,1,4-5,12-14H2. The van der Waals surface area contributed by atoms with Gasteiger partial charge in [0.15, 0.2) is 5.75 Å². The predicted octanol–water partition coefficient (Wildman–Crippen LogP) is 4.85. The van der Waals surface area contributed by atoms with E-state index in [1.54, 1.807) is 11.0 Å². The van der Waals surface area contributed by atoms with Gasteiger partial charge in [0, 0.05) is 30.1 Å². The number of carbonyl (C=O) groups excluding carboxylic acids is 1. The van der Waals surface area contributed by atoms with E-state index in [0.29, 0.717) is 17.2 Å². The first-order chi connectivity index (χ1) is 11.7. The maximum atomic E-state index is 12.0. The van der Waals surface area contributed by atoms with E-state index < -0.39 is 6.09 Å². The molecule has 0 N–H and O–H groups in total. The van der Waals surface area contributed by atoms with Crippen molar-refractivity contribution in [2.24, 2.45) is 0 Å². The van der Waals surface area contributed by atoms with Gasteiger partial charge < -0.3 is 4.90 Å². The van der Waals surface area contributed by atoms with Gasteiger partial charge in [0.05, 0.1) is 0 Å². The van der Waals surface area contributed by atoms with Gasteiger partial charge in [0.2, 0.25) is 0 Å². The summed E-state index contributed by atoms with van der Waals surface area (Å²) in [5, 5.41) is 0.707. The summed E-state index contributed by atoms with van der Waals surface area (Å²) in [5.41, 5.74) is 2.06. The van der Waals surface area contributed by atoms with Gasteiger partial charge in [-0.1, -0.05) is 41.9 Å². The second-order valence-corrected chi connectivity index (χ2v) is 6.33. The van der Waals surface area contributed by atoms with Crippen LogP contribution in [0.2, 0.25) is 5.02 Å². The Hall–Kier alpha value is -2.20. The van der Waals surface area contributed by atoms with E-state index in [2.05, 4.69) is 0 Å². The molecule has 0 aromatic heterocycles. The largest absolute Gasteiger partial charge is 0.452 e. The quantitative estimate of drug-likeness (QED) is 0.587. The van der Waals surface area contributed by atoms with E-state index >= 15 is 0 Å². The van der Waals surface area contributed by atoms with E-state index in [-0.39, 0.29) is 0 Å². The van der Waals surface area contributed by atoms with Crippen molar-refractivity contribution in [3.63, 3.8) is 0 Å². The summed E-state index contributed by atoms with van der Waals surface area (Å²) in [5.74, 6) is 0.554. The molecule has 1 aliphatic heterocycles. The Labute approximate surface area is 146 Å². The summed E-state index contributed by atoms with van der Waals surface area (Å²) < 4.78 is 0. The van der Waals surface area contributed by atoms with Crippen LogP contribution in [0.5, 0.6) is 5.75 Å². The number of para-hydroxylation sites is 1. The molecule has 126 valence electrons. The molecule has 0 aliphatic carbocycles. The summed E-state index contributed by atoms with van der Waals surface area (Å²) >= 11 is 5.92. The Balaban J connectivity index is 1.63. The molecule has 0 saturated carbocycles. The molecule has 1 saturated heterocycles. The highest BCUT2D eigenvalue weighted by molar-refractivity contribution is 6.30. The summed E-state index contributed by atoms with van der Waals surface area (Å²) in [6.45, 7) is 1.46. The number of likely N-dealkylation sites (tertiary alicyclic amines) is 1. The number of hydrogen-bond acceptors (Lipinski definition) is 3. The van der Waals surface area contributed by atoms with Gasteiger partial charge in [-0.15, -0.1) is 0 Å². The topological polar surface area (TPSA) is 38.8 Å². The van der Waals surface area contributed by atoms with E-state index in [0.717, 1.165) is 43.5 Å². The van der Waals surface area contributed by atoms with Gasteiger partial charge in [0.25, 0.3) is 0 Å². The Morgan fingerprint density at radius 3 is 2.46 bits per heavy atom. The van der Waals surface area contributed by atoms with E-state index in [9.17, 15) is 4.79 Å². The number of carbonyl (C=O) groups is 1. The SMILES string of the molecule is O=C(OOc1ccccc1Cc1ccc(Cl)cc1)N1CCCCC1. The van der Waals surface area contributed by atoms with Crippen molar-refractivity contribution in [3.8, 4) is 5.75 Å². The highest BCUT2D eigenvalue weighted by Gasteiger charge is 2.19. The maximum Gasteiger partial charge on any atom is 0.452 e. The fraction of sp³-hybridized carbons (Fsp3) is 0.316. The van der Waals surface area contributed by atoms with Crippen LogP contribution in [-0.2, 0) is 11.3 Å². The van der Waals surface area contributed by atoms with Crippen LogP contribution in [-0.4, -0.2) is 24.1 Å². The Morgan fingerprint density at radius 1 is 1.00 bits per heavy atom. The maximum absolute atomic E-state index is 12.0. The zero-order chi connectivity index (χ0) is 16.8. The van der Waals surface area contributed by atoms with E-state index in [1.807, 2.05) is 42.5 Å². The highest BCUT2D eigenvalue weighted by Crippen LogP contribution is 2.23. The van der Waals surface area contributed by atoms with Crippen LogP contribution in [0.25, 0.3) is 0 Å². The second kappa shape index (κ2) is 8.06. The minimum atomic E-state index is -0.420. The van der Waals surface area contributed by atoms with Gasteiger partial charge >= 0.3 is 6.09 Å². The number of hydrogen-bond donors (Lipinski definition) is 0. The monoisotopic (exact) mass is 345 g/mol. The molecule has 1 aliphatic rings. The number of amides is 1. The number of halogens is 1. The summed E-state index contributed by atoms with van der Waals surface area (Å²) in [6, 6.07) is 15.2. The van der Waals surface area contributed by atoms with Crippen LogP contribution in [0.4, 0.5) is 4.79 Å². The number of benzene rings is 2. The number of piperidine rings is 1. The van der Waals surface area contributed by atoms with Crippen molar-refractivity contribution < 1.29 is 14.6 Å². The van der Waals surface area contributed by atoms with E-state index in [4.69, 9.17) is 21.4 Å². The fourth-order valence-electron chi connectivity index (χ4n) is 2.76. The predicted molar refractivity (Wildman–Crippen MR) is 93.2 cm³/mol.